The van der Waals surface area contributed by atoms with Crippen LogP contribution in [0.15, 0.2) is 48.8 Å². The van der Waals surface area contributed by atoms with E-state index < -0.39 is 0 Å². The van der Waals surface area contributed by atoms with Gasteiger partial charge in [-0.3, -0.25) is 9.88 Å². The van der Waals surface area contributed by atoms with E-state index in [0.29, 0.717) is 0 Å². The SMILES string of the molecule is CCCN1CCN(c2ccc(NCc3ccncc3)cc2)CC1. The number of nitrogens with one attached hydrogen (secondary N) is 1. The molecule has 4 nitrogen and oxygen atoms in total. The van der Waals surface area contributed by atoms with Crippen LogP contribution in [0.25, 0.3) is 0 Å². The molecule has 4 heteroatoms. The minimum atomic E-state index is 0.831. The molecule has 1 aromatic heterocycles. The summed E-state index contributed by atoms with van der Waals surface area (Å²) < 4.78 is 0. The van der Waals surface area contributed by atoms with Crippen LogP contribution in [0, 0.1) is 0 Å². The first kappa shape index (κ1) is 15.8. The minimum absolute atomic E-state index is 0.831. The Kier molecular flexibility index (Phi) is 5.48. The number of benzene rings is 1. The number of hydrogen-bond donors (Lipinski definition) is 1. The fourth-order valence-electron chi connectivity index (χ4n) is 3.04. The second kappa shape index (κ2) is 7.97. The van der Waals surface area contributed by atoms with E-state index >= 15 is 0 Å². The number of anilines is 2. The zero-order chi connectivity index (χ0) is 15.9. The molecular weight excluding hydrogens is 284 g/mol. The van der Waals surface area contributed by atoms with Gasteiger partial charge < -0.3 is 10.2 Å². The van der Waals surface area contributed by atoms with Gasteiger partial charge in [0.25, 0.3) is 0 Å². The lowest BCUT2D eigenvalue weighted by Gasteiger charge is -2.36. The van der Waals surface area contributed by atoms with Gasteiger partial charge in [-0.1, -0.05) is 6.92 Å². The summed E-state index contributed by atoms with van der Waals surface area (Å²) in [5, 5.41) is 3.46. The molecule has 2 heterocycles. The van der Waals surface area contributed by atoms with Crippen molar-refractivity contribution in [3.63, 3.8) is 0 Å². The van der Waals surface area contributed by atoms with Gasteiger partial charge in [0.1, 0.15) is 0 Å². The van der Waals surface area contributed by atoms with Gasteiger partial charge in [0, 0.05) is 56.5 Å². The molecule has 0 aliphatic carbocycles. The summed E-state index contributed by atoms with van der Waals surface area (Å²) in [6.45, 7) is 8.92. The highest BCUT2D eigenvalue weighted by atomic mass is 15.3. The van der Waals surface area contributed by atoms with Crippen molar-refractivity contribution >= 4 is 11.4 Å². The highest BCUT2D eigenvalue weighted by molar-refractivity contribution is 5.55. The molecule has 0 bridgehead atoms. The fourth-order valence-corrected chi connectivity index (χ4v) is 3.04. The summed E-state index contributed by atoms with van der Waals surface area (Å²) in [4.78, 5) is 9.09. The molecule has 0 radical (unpaired) electrons. The van der Waals surface area contributed by atoms with E-state index in [1.54, 1.807) is 0 Å². The van der Waals surface area contributed by atoms with Gasteiger partial charge in [0.2, 0.25) is 0 Å². The summed E-state index contributed by atoms with van der Waals surface area (Å²) >= 11 is 0. The predicted octanol–water partition coefficient (Wildman–Crippen LogP) is 3.23. The van der Waals surface area contributed by atoms with Crippen molar-refractivity contribution in [3.05, 3.63) is 54.4 Å². The number of aromatic nitrogens is 1. The number of pyridine rings is 1. The largest absolute Gasteiger partial charge is 0.381 e. The molecule has 122 valence electrons. The van der Waals surface area contributed by atoms with E-state index in [4.69, 9.17) is 0 Å². The van der Waals surface area contributed by atoms with Gasteiger partial charge in [0.05, 0.1) is 0 Å². The second-order valence-corrected chi connectivity index (χ2v) is 6.08. The van der Waals surface area contributed by atoms with Crippen LogP contribution in [-0.4, -0.2) is 42.6 Å². The molecule has 1 aliphatic rings. The smallest absolute Gasteiger partial charge is 0.0401 e. The summed E-state index contributed by atoms with van der Waals surface area (Å²) in [6, 6.07) is 12.9. The average Bonchev–Trinajstić information content (AvgIpc) is 2.62. The Morgan fingerprint density at radius 1 is 0.957 bits per heavy atom. The Bertz CT molecular complexity index is 574. The molecule has 1 fully saturated rings. The number of hydrogen-bond acceptors (Lipinski definition) is 4. The van der Waals surface area contributed by atoms with E-state index in [0.717, 1.165) is 25.3 Å². The molecule has 1 aliphatic heterocycles. The highest BCUT2D eigenvalue weighted by Crippen LogP contribution is 2.20. The van der Waals surface area contributed by atoms with Crippen molar-refractivity contribution in [2.75, 3.05) is 42.9 Å². The first-order valence-electron chi connectivity index (χ1n) is 8.55. The topological polar surface area (TPSA) is 31.4 Å². The van der Waals surface area contributed by atoms with Crippen LogP contribution in [-0.2, 0) is 6.54 Å². The Hall–Kier alpha value is -2.07. The zero-order valence-corrected chi connectivity index (χ0v) is 13.9. The molecule has 1 N–H and O–H groups in total. The summed E-state index contributed by atoms with van der Waals surface area (Å²) in [5.41, 5.74) is 3.74. The lowest BCUT2D eigenvalue weighted by Crippen LogP contribution is -2.46. The lowest BCUT2D eigenvalue weighted by molar-refractivity contribution is 0.258. The predicted molar refractivity (Wildman–Crippen MR) is 96.9 cm³/mol. The van der Waals surface area contributed by atoms with Gasteiger partial charge in [-0.05, 0) is 54.9 Å². The van der Waals surface area contributed by atoms with Crippen LogP contribution in [0.5, 0.6) is 0 Å². The van der Waals surface area contributed by atoms with Gasteiger partial charge in [-0.15, -0.1) is 0 Å². The maximum atomic E-state index is 4.04. The third-order valence-electron chi connectivity index (χ3n) is 4.39. The van der Waals surface area contributed by atoms with E-state index in [1.807, 2.05) is 24.5 Å². The van der Waals surface area contributed by atoms with Crippen molar-refractivity contribution in [2.45, 2.75) is 19.9 Å². The van der Waals surface area contributed by atoms with Crippen LogP contribution < -0.4 is 10.2 Å². The molecule has 0 atom stereocenters. The number of nitrogens with zero attached hydrogens (tertiary/aromatic N) is 3. The van der Waals surface area contributed by atoms with Gasteiger partial charge in [0.15, 0.2) is 0 Å². The van der Waals surface area contributed by atoms with Gasteiger partial charge >= 0.3 is 0 Å². The molecular formula is C19H26N4. The standard InChI is InChI=1S/C19H26N4/c1-2-11-22-12-14-23(15-13-22)19-5-3-18(4-6-19)21-16-17-7-9-20-10-8-17/h3-10,21H,2,11-16H2,1H3. The summed E-state index contributed by atoms with van der Waals surface area (Å²) in [5.74, 6) is 0. The molecule has 1 aromatic carbocycles. The second-order valence-electron chi connectivity index (χ2n) is 6.08. The molecule has 0 amide bonds. The Morgan fingerprint density at radius 3 is 2.30 bits per heavy atom. The fraction of sp³-hybridized carbons (Fsp3) is 0.421. The Labute approximate surface area is 139 Å². The van der Waals surface area contributed by atoms with Crippen molar-refractivity contribution in [1.82, 2.24) is 9.88 Å². The van der Waals surface area contributed by atoms with Crippen LogP contribution in [0.1, 0.15) is 18.9 Å². The van der Waals surface area contributed by atoms with Crippen LogP contribution in [0.2, 0.25) is 0 Å². The summed E-state index contributed by atoms with van der Waals surface area (Å²) in [7, 11) is 0. The summed E-state index contributed by atoms with van der Waals surface area (Å²) in [6.07, 6.45) is 4.91. The molecule has 3 rings (SSSR count). The zero-order valence-electron chi connectivity index (χ0n) is 13.9. The van der Waals surface area contributed by atoms with Crippen molar-refractivity contribution in [3.8, 4) is 0 Å². The monoisotopic (exact) mass is 310 g/mol. The third-order valence-corrected chi connectivity index (χ3v) is 4.39. The molecule has 0 spiro atoms. The molecule has 23 heavy (non-hydrogen) atoms. The third kappa shape index (κ3) is 4.45. The Balaban J connectivity index is 1.51. The van der Waals surface area contributed by atoms with E-state index in [1.165, 1.54) is 37.3 Å². The maximum Gasteiger partial charge on any atom is 0.0401 e. The maximum absolute atomic E-state index is 4.04. The quantitative estimate of drug-likeness (QED) is 0.887. The van der Waals surface area contributed by atoms with Gasteiger partial charge in [-0.25, -0.2) is 0 Å². The number of piperazine rings is 1. The highest BCUT2D eigenvalue weighted by Gasteiger charge is 2.16. The van der Waals surface area contributed by atoms with Crippen molar-refractivity contribution in [2.24, 2.45) is 0 Å². The molecule has 0 saturated carbocycles. The van der Waals surface area contributed by atoms with Gasteiger partial charge in [-0.2, -0.15) is 0 Å². The van der Waals surface area contributed by atoms with Crippen LogP contribution in [0.3, 0.4) is 0 Å². The normalized spacial score (nSPS) is 15.6. The van der Waals surface area contributed by atoms with Crippen molar-refractivity contribution < 1.29 is 0 Å². The van der Waals surface area contributed by atoms with E-state index in [-0.39, 0.29) is 0 Å². The van der Waals surface area contributed by atoms with E-state index in [9.17, 15) is 0 Å². The molecule has 1 saturated heterocycles. The van der Waals surface area contributed by atoms with Crippen LogP contribution >= 0.6 is 0 Å². The lowest BCUT2D eigenvalue weighted by atomic mass is 10.2. The first-order valence-corrected chi connectivity index (χ1v) is 8.55. The molecule has 2 aromatic rings. The van der Waals surface area contributed by atoms with Crippen molar-refractivity contribution in [1.29, 1.82) is 0 Å². The number of rotatable bonds is 6. The van der Waals surface area contributed by atoms with Crippen LogP contribution in [0.4, 0.5) is 11.4 Å². The minimum Gasteiger partial charge on any atom is -0.381 e. The average molecular weight is 310 g/mol. The Morgan fingerprint density at radius 2 is 1.65 bits per heavy atom. The van der Waals surface area contributed by atoms with E-state index in [2.05, 4.69) is 51.3 Å². The first-order chi connectivity index (χ1) is 11.3. The molecule has 0 unspecified atom stereocenters.